The predicted molar refractivity (Wildman–Crippen MR) is 88.2 cm³/mol. The quantitative estimate of drug-likeness (QED) is 0.922. The highest BCUT2D eigenvalue weighted by Crippen LogP contribution is 2.19. The first kappa shape index (κ1) is 14.6. The van der Waals surface area contributed by atoms with Gasteiger partial charge in [-0.1, -0.05) is 30.3 Å². The lowest BCUT2D eigenvalue weighted by Gasteiger charge is -2.17. The summed E-state index contributed by atoms with van der Waals surface area (Å²) in [4.78, 5) is 18.7. The third kappa shape index (κ3) is 3.64. The van der Waals surface area contributed by atoms with E-state index in [1.54, 1.807) is 6.20 Å². The van der Waals surface area contributed by atoms with Crippen molar-refractivity contribution in [1.29, 1.82) is 0 Å². The molecule has 0 spiro atoms. The molecule has 2 heterocycles. The fraction of sp³-hybridized carbons (Fsp3) is 0.333. The second-order valence-corrected chi connectivity index (χ2v) is 5.62. The molecular formula is C18H21N3O. The fourth-order valence-electron chi connectivity index (χ4n) is 2.77. The van der Waals surface area contributed by atoms with Gasteiger partial charge in [0.05, 0.1) is 17.4 Å². The van der Waals surface area contributed by atoms with Crippen LogP contribution >= 0.6 is 0 Å². The largest absolute Gasteiger partial charge is 0.370 e. The zero-order valence-electron chi connectivity index (χ0n) is 12.7. The van der Waals surface area contributed by atoms with Gasteiger partial charge in [-0.3, -0.25) is 9.78 Å². The third-order valence-electron chi connectivity index (χ3n) is 4.00. The molecule has 0 atom stereocenters. The van der Waals surface area contributed by atoms with E-state index < -0.39 is 0 Å². The number of hydrogen-bond acceptors (Lipinski definition) is 3. The van der Waals surface area contributed by atoms with Crippen molar-refractivity contribution < 1.29 is 4.79 Å². The molecular weight excluding hydrogens is 274 g/mol. The summed E-state index contributed by atoms with van der Waals surface area (Å²) in [5, 5.41) is 2.97. The summed E-state index contributed by atoms with van der Waals surface area (Å²) in [5.41, 5.74) is 2.91. The molecule has 0 bridgehead atoms. The Bertz CT molecular complexity index is 621. The lowest BCUT2D eigenvalue weighted by atomic mass is 10.1. The van der Waals surface area contributed by atoms with Gasteiger partial charge in [-0.05, 0) is 30.9 Å². The Balaban J connectivity index is 1.56. The molecule has 0 radical (unpaired) electrons. The molecule has 2 aromatic rings. The van der Waals surface area contributed by atoms with Crippen LogP contribution in [0.3, 0.4) is 0 Å². The summed E-state index contributed by atoms with van der Waals surface area (Å²) in [5.74, 6) is -0.0514. The molecule has 0 unspecified atom stereocenters. The molecule has 22 heavy (non-hydrogen) atoms. The molecule has 1 aromatic heterocycles. The van der Waals surface area contributed by atoms with Crippen molar-refractivity contribution >= 4 is 11.6 Å². The van der Waals surface area contributed by atoms with Crippen molar-refractivity contribution in [3.63, 3.8) is 0 Å². The molecule has 114 valence electrons. The summed E-state index contributed by atoms with van der Waals surface area (Å²) in [6.07, 6.45) is 6.75. The van der Waals surface area contributed by atoms with Gasteiger partial charge in [-0.15, -0.1) is 0 Å². The molecule has 1 aliphatic heterocycles. The molecule has 1 aromatic carbocycles. The Morgan fingerprint density at radius 2 is 1.91 bits per heavy atom. The van der Waals surface area contributed by atoms with Crippen LogP contribution in [0.1, 0.15) is 28.8 Å². The van der Waals surface area contributed by atoms with Crippen molar-refractivity contribution in [2.75, 3.05) is 24.5 Å². The second-order valence-electron chi connectivity index (χ2n) is 5.62. The molecule has 0 saturated carbocycles. The van der Waals surface area contributed by atoms with Crippen LogP contribution in [-0.2, 0) is 6.42 Å². The van der Waals surface area contributed by atoms with Crippen LogP contribution in [0.5, 0.6) is 0 Å². The number of hydrogen-bond donors (Lipinski definition) is 1. The highest BCUT2D eigenvalue weighted by atomic mass is 16.1. The average molecular weight is 295 g/mol. The Labute approximate surface area is 131 Å². The maximum atomic E-state index is 12.2. The van der Waals surface area contributed by atoms with Crippen molar-refractivity contribution in [3.8, 4) is 0 Å². The smallest absolute Gasteiger partial charge is 0.252 e. The number of rotatable bonds is 5. The number of nitrogens with zero attached hydrogens (tertiary/aromatic N) is 2. The van der Waals surface area contributed by atoms with Gasteiger partial charge in [-0.2, -0.15) is 0 Å². The minimum absolute atomic E-state index is 0.0514. The lowest BCUT2D eigenvalue weighted by Crippen LogP contribution is -2.26. The number of carbonyl (C=O) groups excluding carboxylic acids is 1. The standard InChI is InChI=1S/C18H21N3O/c22-18(20-9-8-15-6-2-1-3-7-15)16-12-17(14-19-13-16)21-10-4-5-11-21/h1-3,6-7,12-14H,4-5,8-11H2,(H,20,22). The van der Waals surface area contributed by atoms with Crippen molar-refractivity contribution in [3.05, 3.63) is 59.9 Å². The zero-order chi connectivity index (χ0) is 15.2. The summed E-state index contributed by atoms with van der Waals surface area (Å²) in [6, 6.07) is 12.1. The molecule has 1 saturated heterocycles. The van der Waals surface area contributed by atoms with E-state index in [2.05, 4.69) is 27.3 Å². The van der Waals surface area contributed by atoms with Crippen LogP contribution in [0.4, 0.5) is 5.69 Å². The number of carbonyl (C=O) groups is 1. The number of aromatic nitrogens is 1. The molecule has 0 aliphatic carbocycles. The van der Waals surface area contributed by atoms with Crippen molar-refractivity contribution in [2.24, 2.45) is 0 Å². The first-order chi connectivity index (χ1) is 10.8. The maximum Gasteiger partial charge on any atom is 0.252 e. The molecule has 4 heteroatoms. The molecule has 1 amide bonds. The minimum atomic E-state index is -0.0514. The zero-order valence-corrected chi connectivity index (χ0v) is 12.7. The number of nitrogens with one attached hydrogen (secondary N) is 1. The first-order valence-corrected chi connectivity index (χ1v) is 7.85. The highest BCUT2D eigenvalue weighted by molar-refractivity contribution is 5.94. The van der Waals surface area contributed by atoms with Gasteiger partial charge in [0.2, 0.25) is 0 Å². The monoisotopic (exact) mass is 295 g/mol. The summed E-state index contributed by atoms with van der Waals surface area (Å²) >= 11 is 0. The van der Waals surface area contributed by atoms with Gasteiger partial charge >= 0.3 is 0 Å². The van der Waals surface area contributed by atoms with E-state index in [1.165, 1.54) is 18.4 Å². The van der Waals surface area contributed by atoms with Crippen molar-refractivity contribution in [1.82, 2.24) is 10.3 Å². The van der Waals surface area contributed by atoms with Gasteiger partial charge in [0, 0.05) is 25.8 Å². The Hall–Kier alpha value is -2.36. The lowest BCUT2D eigenvalue weighted by molar-refractivity contribution is 0.0954. The Kier molecular flexibility index (Phi) is 4.68. The van der Waals surface area contributed by atoms with E-state index in [1.807, 2.05) is 30.5 Å². The van der Waals surface area contributed by atoms with E-state index in [-0.39, 0.29) is 5.91 Å². The predicted octanol–water partition coefficient (Wildman–Crippen LogP) is 2.65. The number of pyridine rings is 1. The van der Waals surface area contributed by atoms with E-state index in [4.69, 9.17) is 0 Å². The normalized spacial score (nSPS) is 14.1. The summed E-state index contributed by atoms with van der Waals surface area (Å²) in [7, 11) is 0. The van der Waals surface area contributed by atoms with Gasteiger partial charge in [-0.25, -0.2) is 0 Å². The SMILES string of the molecule is O=C(NCCc1ccccc1)c1cncc(N2CCCC2)c1. The van der Waals surface area contributed by atoms with Gasteiger partial charge < -0.3 is 10.2 Å². The van der Waals surface area contributed by atoms with Gasteiger partial charge in [0.1, 0.15) is 0 Å². The van der Waals surface area contributed by atoms with Crippen molar-refractivity contribution in [2.45, 2.75) is 19.3 Å². The maximum absolute atomic E-state index is 12.2. The van der Waals surface area contributed by atoms with E-state index in [0.717, 1.165) is 25.2 Å². The Morgan fingerprint density at radius 3 is 2.68 bits per heavy atom. The fourth-order valence-corrected chi connectivity index (χ4v) is 2.77. The number of amides is 1. The highest BCUT2D eigenvalue weighted by Gasteiger charge is 2.14. The first-order valence-electron chi connectivity index (χ1n) is 7.85. The van der Waals surface area contributed by atoms with Crippen LogP contribution in [0.2, 0.25) is 0 Å². The van der Waals surface area contributed by atoms with E-state index in [0.29, 0.717) is 12.1 Å². The van der Waals surface area contributed by atoms with Gasteiger partial charge in [0.25, 0.3) is 5.91 Å². The van der Waals surface area contributed by atoms with Crippen LogP contribution < -0.4 is 10.2 Å². The topological polar surface area (TPSA) is 45.2 Å². The van der Waals surface area contributed by atoms with Gasteiger partial charge in [0.15, 0.2) is 0 Å². The molecule has 1 aliphatic rings. The third-order valence-corrected chi connectivity index (χ3v) is 4.00. The average Bonchev–Trinajstić information content (AvgIpc) is 3.10. The van der Waals surface area contributed by atoms with Crippen LogP contribution in [0.25, 0.3) is 0 Å². The number of anilines is 1. The van der Waals surface area contributed by atoms with Crippen LogP contribution in [0, 0.1) is 0 Å². The molecule has 3 rings (SSSR count). The van der Waals surface area contributed by atoms with Crippen LogP contribution in [0.15, 0.2) is 48.8 Å². The van der Waals surface area contributed by atoms with Crippen LogP contribution in [-0.4, -0.2) is 30.5 Å². The number of benzene rings is 1. The minimum Gasteiger partial charge on any atom is -0.370 e. The molecule has 4 nitrogen and oxygen atoms in total. The molecule has 1 fully saturated rings. The van der Waals surface area contributed by atoms with E-state index in [9.17, 15) is 4.79 Å². The summed E-state index contributed by atoms with van der Waals surface area (Å²) < 4.78 is 0. The summed E-state index contributed by atoms with van der Waals surface area (Å²) in [6.45, 7) is 2.75. The Morgan fingerprint density at radius 1 is 1.14 bits per heavy atom. The molecule has 1 N–H and O–H groups in total. The second kappa shape index (κ2) is 7.07. The van der Waals surface area contributed by atoms with E-state index >= 15 is 0 Å².